The first-order valence-electron chi connectivity index (χ1n) is 18.6. The summed E-state index contributed by atoms with van der Waals surface area (Å²) in [4.78, 5) is 44.5. The molecule has 2 atom stereocenters. The van der Waals surface area contributed by atoms with E-state index in [-0.39, 0.29) is 49.0 Å². The van der Waals surface area contributed by atoms with Crippen LogP contribution < -0.4 is 34.5 Å². The van der Waals surface area contributed by atoms with Crippen LogP contribution in [-0.2, 0) is 28.2 Å². The predicted octanol–water partition coefficient (Wildman–Crippen LogP) is 7.22. The number of unbranched alkanes of at least 4 members (excludes halogenated alkanes) is 20. The summed E-state index contributed by atoms with van der Waals surface area (Å²) < 4.78 is 26.0. The number of phosphoric ester groups is 1. The van der Waals surface area contributed by atoms with Gasteiger partial charge >= 0.3 is 41.5 Å². The third-order valence-electron chi connectivity index (χ3n) is 7.97. The third-order valence-corrected chi connectivity index (χ3v) is 8.44. The average molecular weight is 695 g/mol. The molecule has 8 nitrogen and oxygen atoms in total. The number of carbonyl (C=O) groups is 2. The molecular weight excluding hydrogens is 626 g/mol. The largest absolute Gasteiger partial charge is 1.00 e. The number of phosphoric acid groups is 1. The summed E-state index contributed by atoms with van der Waals surface area (Å²) in [5.74, 6) is -0.933. The van der Waals surface area contributed by atoms with E-state index in [1.54, 1.807) is 0 Å². The zero-order chi connectivity index (χ0) is 34.0. The fourth-order valence-electron chi connectivity index (χ4n) is 5.16. The van der Waals surface area contributed by atoms with E-state index in [4.69, 9.17) is 14.4 Å². The molecule has 47 heavy (non-hydrogen) atoms. The molecule has 1 N–H and O–H groups in total. The van der Waals surface area contributed by atoms with Crippen molar-refractivity contribution < 1.29 is 67.5 Å². The van der Waals surface area contributed by atoms with Crippen molar-refractivity contribution in [3.05, 3.63) is 24.3 Å². The molecule has 270 valence electrons. The molecule has 1 unspecified atom stereocenters. The molecule has 0 aromatic rings. The second-order valence-corrected chi connectivity index (χ2v) is 13.7. The minimum Gasteiger partial charge on any atom is -0.756 e. The first kappa shape index (κ1) is 48.6. The van der Waals surface area contributed by atoms with E-state index in [0.29, 0.717) is 6.42 Å². The zero-order valence-corrected chi connectivity index (χ0v) is 33.3. The minimum atomic E-state index is -5.00. The molecule has 0 aliphatic heterocycles. The molecule has 0 radical (unpaired) electrons. The molecule has 0 spiro atoms. The molecular formula is C37H68NaO8P. The van der Waals surface area contributed by atoms with Gasteiger partial charge in [0.25, 0.3) is 7.82 Å². The van der Waals surface area contributed by atoms with Crippen molar-refractivity contribution in [2.45, 2.75) is 187 Å². The maximum absolute atomic E-state index is 12.3. The Kier molecular flexibility index (Phi) is 38.1. The Balaban J connectivity index is 0. The molecule has 0 aromatic heterocycles. The summed E-state index contributed by atoms with van der Waals surface area (Å²) in [6.07, 6.45) is 35.9. The van der Waals surface area contributed by atoms with Crippen LogP contribution in [0.5, 0.6) is 0 Å². The summed E-state index contributed by atoms with van der Waals surface area (Å²) >= 11 is 0. The Morgan fingerprint density at radius 3 is 1.51 bits per heavy atom. The Bertz CT molecular complexity index is 814. The summed E-state index contributed by atoms with van der Waals surface area (Å²) in [6, 6.07) is 0. The molecule has 0 saturated heterocycles. The van der Waals surface area contributed by atoms with Gasteiger partial charge in [0, 0.05) is 12.8 Å². The maximum atomic E-state index is 12.3. The fraction of sp³-hybridized carbons (Fsp3) is 0.838. The summed E-state index contributed by atoms with van der Waals surface area (Å²) in [5, 5.41) is 0. The molecule has 0 saturated carbocycles. The van der Waals surface area contributed by atoms with Crippen LogP contribution in [0.4, 0.5) is 0 Å². The topological polar surface area (TPSA) is 122 Å². The van der Waals surface area contributed by atoms with Gasteiger partial charge in [-0.15, -0.1) is 0 Å². The van der Waals surface area contributed by atoms with E-state index in [1.165, 1.54) is 89.9 Å². The number of hydrogen-bond donors (Lipinski definition) is 1. The normalized spacial score (nSPS) is 13.4. The molecule has 0 aliphatic carbocycles. The Morgan fingerprint density at radius 1 is 0.617 bits per heavy atom. The summed E-state index contributed by atoms with van der Waals surface area (Å²) in [5.41, 5.74) is 0. The molecule has 0 aromatic carbocycles. The van der Waals surface area contributed by atoms with Crippen molar-refractivity contribution in [2.24, 2.45) is 0 Å². The van der Waals surface area contributed by atoms with Gasteiger partial charge in [0.05, 0.1) is 6.61 Å². The molecule has 10 heteroatoms. The summed E-state index contributed by atoms with van der Waals surface area (Å²) in [6.45, 7) is 3.54. The van der Waals surface area contributed by atoms with Crippen molar-refractivity contribution in [3.63, 3.8) is 0 Å². The van der Waals surface area contributed by atoms with Gasteiger partial charge in [0.2, 0.25) is 0 Å². The third kappa shape index (κ3) is 39.8. The van der Waals surface area contributed by atoms with Gasteiger partial charge in [-0.25, -0.2) is 0 Å². The molecule has 0 fully saturated rings. The van der Waals surface area contributed by atoms with Gasteiger partial charge in [-0.05, 0) is 44.9 Å². The minimum absolute atomic E-state index is 0. The molecule has 0 aliphatic rings. The van der Waals surface area contributed by atoms with Crippen LogP contribution in [0, 0.1) is 0 Å². The van der Waals surface area contributed by atoms with Crippen molar-refractivity contribution in [3.8, 4) is 0 Å². The van der Waals surface area contributed by atoms with Crippen molar-refractivity contribution in [1.82, 2.24) is 0 Å². The Morgan fingerprint density at radius 2 is 1.02 bits per heavy atom. The van der Waals surface area contributed by atoms with Crippen LogP contribution in [0.3, 0.4) is 0 Å². The van der Waals surface area contributed by atoms with E-state index in [9.17, 15) is 19.0 Å². The van der Waals surface area contributed by atoms with Crippen LogP contribution in [-0.4, -0.2) is 36.1 Å². The van der Waals surface area contributed by atoms with E-state index in [1.807, 2.05) is 0 Å². The van der Waals surface area contributed by atoms with E-state index in [0.717, 1.165) is 57.8 Å². The van der Waals surface area contributed by atoms with Gasteiger partial charge in [0.1, 0.15) is 6.61 Å². The number of carbonyl (C=O) groups excluding carboxylic acids is 2. The van der Waals surface area contributed by atoms with Crippen LogP contribution in [0.15, 0.2) is 24.3 Å². The second kappa shape index (κ2) is 36.8. The number of hydrogen-bond acceptors (Lipinski definition) is 7. The number of esters is 2. The molecule has 0 heterocycles. The first-order chi connectivity index (χ1) is 22.3. The number of rotatable bonds is 34. The average Bonchev–Trinajstić information content (AvgIpc) is 3.02. The molecule has 0 amide bonds. The SMILES string of the molecule is CCCCC/C=C/C/C=C/CCCCCCCC(=O)O[C@H](COC(=O)CCCCCCCCCCCCCCC)COP(=O)([O-])O.[Na+]. The van der Waals surface area contributed by atoms with Crippen molar-refractivity contribution in [1.29, 1.82) is 0 Å². The Labute approximate surface area is 310 Å². The maximum Gasteiger partial charge on any atom is 1.00 e. The second-order valence-electron chi connectivity index (χ2n) is 12.5. The predicted molar refractivity (Wildman–Crippen MR) is 186 cm³/mol. The van der Waals surface area contributed by atoms with E-state index in [2.05, 4.69) is 42.7 Å². The van der Waals surface area contributed by atoms with Crippen molar-refractivity contribution in [2.75, 3.05) is 13.2 Å². The molecule has 0 bridgehead atoms. The standard InChI is InChI=1S/C37H69O8P.Na/c1-3-5-7-9-11-13-15-17-18-20-22-24-26-28-30-32-37(39)45-35(34-44-46(40,41)42)33-43-36(38)31-29-27-25-23-21-19-16-14-12-10-8-6-4-2;/h11,13,17-18,35H,3-10,12,14-16,19-34H2,1-2H3,(H2,40,41,42);/q;+1/p-1/b13-11+,18-17+;/t35-;/m1./s1. The van der Waals surface area contributed by atoms with Gasteiger partial charge in [-0.3, -0.25) is 14.2 Å². The van der Waals surface area contributed by atoms with E-state index < -0.39 is 32.5 Å². The quantitative estimate of drug-likeness (QED) is 0.0247. The van der Waals surface area contributed by atoms with Gasteiger partial charge < -0.3 is 23.8 Å². The monoisotopic (exact) mass is 694 g/mol. The first-order valence-corrected chi connectivity index (χ1v) is 20.1. The summed E-state index contributed by atoms with van der Waals surface area (Å²) in [7, 11) is -5.00. The Hall–Kier alpha value is -0.470. The number of ether oxygens (including phenoxy) is 2. The fourth-order valence-corrected chi connectivity index (χ4v) is 5.52. The smallest absolute Gasteiger partial charge is 0.756 e. The van der Waals surface area contributed by atoms with Crippen molar-refractivity contribution >= 4 is 19.8 Å². The number of allylic oxidation sites excluding steroid dienone is 4. The van der Waals surface area contributed by atoms with Gasteiger partial charge in [0.15, 0.2) is 6.10 Å². The van der Waals surface area contributed by atoms with Crippen LogP contribution in [0.2, 0.25) is 0 Å². The molecule has 0 rings (SSSR count). The van der Waals surface area contributed by atoms with Crippen LogP contribution in [0.25, 0.3) is 0 Å². The van der Waals surface area contributed by atoms with E-state index >= 15 is 0 Å². The van der Waals surface area contributed by atoms with Gasteiger partial charge in [-0.1, -0.05) is 147 Å². The zero-order valence-electron chi connectivity index (χ0n) is 30.4. The van der Waals surface area contributed by atoms with Crippen LogP contribution >= 0.6 is 7.82 Å². The van der Waals surface area contributed by atoms with Crippen LogP contribution in [0.1, 0.15) is 181 Å². The van der Waals surface area contributed by atoms with Gasteiger partial charge in [-0.2, -0.15) is 0 Å².